The number of amides is 1. The lowest BCUT2D eigenvalue weighted by atomic mass is 9.82. The monoisotopic (exact) mass is 470 g/mol. The number of carbonyl (C=O) groups is 1. The molecule has 0 aromatic heterocycles. The minimum absolute atomic E-state index is 0.0561. The van der Waals surface area contributed by atoms with Gasteiger partial charge in [-0.15, -0.1) is 0 Å². The van der Waals surface area contributed by atoms with Crippen LogP contribution in [0.25, 0.3) is 0 Å². The van der Waals surface area contributed by atoms with E-state index in [9.17, 15) is 22.0 Å². The van der Waals surface area contributed by atoms with Crippen molar-refractivity contribution in [2.24, 2.45) is 5.92 Å². The van der Waals surface area contributed by atoms with E-state index in [-0.39, 0.29) is 48.1 Å². The molecule has 3 aliphatic rings. The summed E-state index contributed by atoms with van der Waals surface area (Å²) >= 11 is 0. The van der Waals surface area contributed by atoms with Gasteiger partial charge < -0.3 is 9.64 Å². The second-order valence-electron chi connectivity index (χ2n) is 9.45. The van der Waals surface area contributed by atoms with Gasteiger partial charge in [-0.25, -0.2) is 21.9 Å². The number of benzene rings is 1. The molecule has 2 aliphatic carbocycles. The van der Waals surface area contributed by atoms with Gasteiger partial charge in [-0.2, -0.15) is 0 Å². The van der Waals surface area contributed by atoms with Crippen LogP contribution < -0.4 is 4.72 Å². The van der Waals surface area contributed by atoms with E-state index in [0.29, 0.717) is 38.6 Å². The largest absolute Gasteiger partial charge is 0.376 e. The van der Waals surface area contributed by atoms with Crippen LogP contribution in [0.4, 0.5) is 8.78 Å². The molecule has 4 rings (SSSR count). The first-order chi connectivity index (χ1) is 15.2. The van der Waals surface area contributed by atoms with Crippen LogP contribution in [0, 0.1) is 17.6 Å². The van der Waals surface area contributed by atoms with Crippen molar-refractivity contribution < 1.29 is 26.7 Å². The molecule has 2 saturated carbocycles. The second kappa shape index (κ2) is 9.73. The predicted molar refractivity (Wildman–Crippen MR) is 117 cm³/mol. The molecule has 0 spiro atoms. The molecule has 0 radical (unpaired) electrons. The Kier molecular flexibility index (Phi) is 7.17. The van der Waals surface area contributed by atoms with Gasteiger partial charge in [0.25, 0.3) is 0 Å². The Morgan fingerprint density at radius 1 is 1.09 bits per heavy atom. The van der Waals surface area contributed by atoms with Gasteiger partial charge in [0, 0.05) is 24.1 Å². The van der Waals surface area contributed by atoms with Gasteiger partial charge in [0.15, 0.2) is 0 Å². The zero-order chi connectivity index (χ0) is 22.9. The Labute approximate surface area is 188 Å². The highest BCUT2D eigenvalue weighted by molar-refractivity contribution is 7.88. The Hall–Kier alpha value is -1.58. The van der Waals surface area contributed by atoms with Crippen molar-refractivity contribution in [3.63, 3.8) is 0 Å². The number of carbonyl (C=O) groups excluding carboxylic acids is 1. The van der Waals surface area contributed by atoms with Gasteiger partial charge in [0.1, 0.15) is 11.6 Å². The fraction of sp³-hybridized carbons (Fsp3) is 0.696. The van der Waals surface area contributed by atoms with Crippen LogP contribution in [0.5, 0.6) is 0 Å². The summed E-state index contributed by atoms with van der Waals surface area (Å²) < 4.78 is 60.9. The Morgan fingerprint density at radius 3 is 2.34 bits per heavy atom. The summed E-state index contributed by atoms with van der Waals surface area (Å²) in [6.07, 6.45) is 6.86. The van der Waals surface area contributed by atoms with E-state index in [2.05, 4.69) is 4.72 Å². The molecule has 178 valence electrons. The molecule has 3 fully saturated rings. The zero-order valence-electron chi connectivity index (χ0n) is 18.4. The molecule has 1 aliphatic heterocycles. The Balaban J connectivity index is 1.38. The SMILES string of the molecule is CS(=O)(=O)N[C@H]1CCCN(C(=O)C2CC2)[C@H]1COC1CCC(c2c(F)cccc2F)CC1. The topological polar surface area (TPSA) is 75.7 Å². The molecule has 1 aromatic rings. The normalized spacial score (nSPS) is 29.2. The van der Waals surface area contributed by atoms with Crippen molar-refractivity contribution >= 4 is 15.9 Å². The number of halogens is 2. The van der Waals surface area contributed by atoms with Crippen LogP contribution in [-0.4, -0.2) is 56.8 Å². The molecule has 2 atom stereocenters. The third-order valence-corrected chi connectivity index (χ3v) is 7.67. The van der Waals surface area contributed by atoms with E-state index in [0.717, 1.165) is 25.5 Å². The van der Waals surface area contributed by atoms with Crippen LogP contribution in [0.3, 0.4) is 0 Å². The fourth-order valence-corrected chi connectivity index (χ4v) is 5.99. The molecule has 32 heavy (non-hydrogen) atoms. The third kappa shape index (κ3) is 5.66. The molecule has 1 saturated heterocycles. The summed E-state index contributed by atoms with van der Waals surface area (Å²) in [6, 6.07) is 3.26. The number of rotatable bonds is 7. The lowest BCUT2D eigenvalue weighted by Gasteiger charge is -2.42. The molecule has 1 heterocycles. The van der Waals surface area contributed by atoms with Gasteiger partial charge in [-0.05, 0) is 69.4 Å². The van der Waals surface area contributed by atoms with Gasteiger partial charge in [0.2, 0.25) is 15.9 Å². The highest BCUT2D eigenvalue weighted by atomic mass is 32.2. The maximum atomic E-state index is 14.1. The van der Waals surface area contributed by atoms with Crippen LogP contribution in [0.1, 0.15) is 62.8 Å². The number of nitrogens with one attached hydrogen (secondary N) is 1. The summed E-state index contributed by atoms with van der Waals surface area (Å²) in [5.74, 6) is -1.02. The van der Waals surface area contributed by atoms with Crippen LogP contribution in [0.15, 0.2) is 18.2 Å². The number of ether oxygens (including phenoxy) is 1. The van der Waals surface area contributed by atoms with Gasteiger partial charge in [-0.3, -0.25) is 4.79 Å². The van der Waals surface area contributed by atoms with E-state index in [1.165, 1.54) is 18.2 Å². The molecular weight excluding hydrogens is 438 g/mol. The maximum absolute atomic E-state index is 14.1. The van der Waals surface area contributed by atoms with E-state index < -0.39 is 21.7 Å². The van der Waals surface area contributed by atoms with E-state index in [1.807, 2.05) is 4.90 Å². The summed E-state index contributed by atoms with van der Waals surface area (Å²) in [5, 5.41) is 0. The van der Waals surface area contributed by atoms with Gasteiger partial charge >= 0.3 is 0 Å². The van der Waals surface area contributed by atoms with Gasteiger partial charge in [-0.1, -0.05) is 6.07 Å². The predicted octanol–water partition coefficient (Wildman–Crippen LogP) is 3.33. The number of nitrogens with zero attached hydrogens (tertiary/aromatic N) is 1. The molecule has 9 heteroatoms. The number of piperidine rings is 1. The number of hydrogen-bond acceptors (Lipinski definition) is 4. The van der Waals surface area contributed by atoms with E-state index in [4.69, 9.17) is 4.74 Å². The minimum atomic E-state index is -3.41. The quantitative estimate of drug-likeness (QED) is 0.663. The van der Waals surface area contributed by atoms with Gasteiger partial charge in [0.05, 0.1) is 25.0 Å². The summed E-state index contributed by atoms with van der Waals surface area (Å²) in [7, 11) is -3.41. The van der Waals surface area contributed by atoms with Crippen molar-refractivity contribution in [2.45, 2.75) is 75.5 Å². The number of likely N-dealkylation sites (tertiary alicyclic amines) is 1. The maximum Gasteiger partial charge on any atom is 0.226 e. The number of hydrogen-bond donors (Lipinski definition) is 1. The molecular formula is C23H32F2N2O4S. The third-order valence-electron chi connectivity index (χ3n) is 6.94. The molecule has 6 nitrogen and oxygen atoms in total. The molecule has 1 amide bonds. The standard InChI is InChI=1S/C23H32F2N2O4S/c1-32(29,30)26-20-6-3-13-27(23(28)16-7-8-16)21(20)14-31-17-11-9-15(10-12-17)22-18(24)4-2-5-19(22)25/h2,4-5,15-17,20-21,26H,3,6-14H2,1H3/t15?,17?,20-,21-/m0/s1. The second-order valence-corrected chi connectivity index (χ2v) is 11.2. The van der Waals surface area contributed by atoms with Crippen molar-refractivity contribution in [3.05, 3.63) is 35.4 Å². The van der Waals surface area contributed by atoms with Crippen molar-refractivity contribution in [2.75, 3.05) is 19.4 Å². The summed E-state index contributed by atoms with van der Waals surface area (Å²) in [6.45, 7) is 0.875. The first-order valence-corrected chi connectivity index (χ1v) is 13.5. The smallest absolute Gasteiger partial charge is 0.226 e. The van der Waals surface area contributed by atoms with Crippen molar-refractivity contribution in [1.29, 1.82) is 0 Å². The number of sulfonamides is 1. The van der Waals surface area contributed by atoms with Crippen LogP contribution >= 0.6 is 0 Å². The van der Waals surface area contributed by atoms with E-state index >= 15 is 0 Å². The lowest BCUT2D eigenvalue weighted by Crippen LogP contribution is -2.59. The minimum Gasteiger partial charge on any atom is -0.376 e. The molecule has 1 aromatic carbocycles. The molecule has 1 N–H and O–H groups in total. The summed E-state index contributed by atoms with van der Waals surface area (Å²) in [5.41, 5.74) is 0.164. The highest BCUT2D eigenvalue weighted by Crippen LogP contribution is 2.37. The lowest BCUT2D eigenvalue weighted by molar-refractivity contribution is -0.139. The first-order valence-electron chi connectivity index (χ1n) is 11.6. The first kappa shape index (κ1) is 23.6. The molecule has 0 bridgehead atoms. The van der Waals surface area contributed by atoms with E-state index in [1.54, 1.807) is 0 Å². The average Bonchev–Trinajstić information content (AvgIpc) is 3.57. The average molecular weight is 471 g/mol. The van der Waals surface area contributed by atoms with Crippen LogP contribution in [0.2, 0.25) is 0 Å². The Bertz CT molecular complexity index is 910. The fourth-order valence-electron chi connectivity index (χ4n) is 5.17. The molecule has 0 unspecified atom stereocenters. The highest BCUT2D eigenvalue weighted by Gasteiger charge is 2.42. The van der Waals surface area contributed by atoms with Crippen LogP contribution in [-0.2, 0) is 19.6 Å². The Morgan fingerprint density at radius 2 is 1.75 bits per heavy atom. The van der Waals surface area contributed by atoms with Crippen molar-refractivity contribution in [1.82, 2.24) is 9.62 Å². The van der Waals surface area contributed by atoms with Crippen molar-refractivity contribution in [3.8, 4) is 0 Å². The summed E-state index contributed by atoms with van der Waals surface area (Å²) in [4.78, 5) is 14.6. The zero-order valence-corrected chi connectivity index (χ0v) is 19.3.